The van der Waals surface area contributed by atoms with Crippen molar-refractivity contribution in [2.45, 2.75) is 47.1 Å². The quantitative estimate of drug-likeness (QED) is 0.691. The third-order valence-corrected chi connectivity index (χ3v) is 4.47. The van der Waals surface area contributed by atoms with E-state index in [0.29, 0.717) is 30.0 Å². The van der Waals surface area contributed by atoms with Gasteiger partial charge in [-0.2, -0.15) is 5.10 Å². The van der Waals surface area contributed by atoms with E-state index in [9.17, 15) is 9.59 Å². The lowest BCUT2D eigenvalue weighted by atomic mass is 10.1. The Kier molecular flexibility index (Phi) is 7.39. The molecular weight excluding hydrogens is 352 g/mol. The second-order valence-corrected chi connectivity index (χ2v) is 7.21. The van der Waals surface area contributed by atoms with Crippen LogP contribution in [0.1, 0.15) is 47.6 Å². The van der Waals surface area contributed by atoms with Crippen LogP contribution in [0.2, 0.25) is 0 Å². The third-order valence-electron chi connectivity index (χ3n) is 4.47. The Balaban J connectivity index is 2.04. The zero-order valence-electron chi connectivity index (χ0n) is 17.0. The molecule has 0 unspecified atom stereocenters. The normalized spacial score (nSPS) is 10.6. The van der Waals surface area contributed by atoms with Crippen molar-refractivity contribution in [1.82, 2.24) is 15.1 Å². The number of benzene rings is 1. The molecule has 0 atom stereocenters. The molecule has 0 aliphatic rings. The van der Waals surface area contributed by atoms with Crippen molar-refractivity contribution >= 4 is 17.5 Å². The zero-order chi connectivity index (χ0) is 20.7. The molecule has 1 heterocycles. The number of hydrogen-bond donors (Lipinski definition) is 2. The van der Waals surface area contributed by atoms with E-state index in [2.05, 4.69) is 35.5 Å². The second kappa shape index (κ2) is 9.75. The zero-order valence-corrected chi connectivity index (χ0v) is 17.0. The van der Waals surface area contributed by atoms with Gasteiger partial charge in [0.1, 0.15) is 0 Å². The average molecular weight is 380 g/mol. The van der Waals surface area contributed by atoms with Gasteiger partial charge in [-0.1, -0.05) is 31.9 Å². The summed E-state index contributed by atoms with van der Waals surface area (Å²) in [6.07, 6.45) is 6.10. The molecule has 1 aromatic carbocycles. The molecule has 0 saturated carbocycles. The molecule has 148 valence electrons. The Morgan fingerprint density at radius 1 is 1.25 bits per heavy atom. The van der Waals surface area contributed by atoms with Crippen molar-refractivity contribution in [3.8, 4) is 12.3 Å². The maximum atomic E-state index is 12.5. The van der Waals surface area contributed by atoms with Gasteiger partial charge < -0.3 is 10.6 Å². The Labute approximate surface area is 166 Å². The van der Waals surface area contributed by atoms with Crippen LogP contribution in [-0.2, 0) is 17.8 Å². The highest BCUT2D eigenvalue weighted by molar-refractivity contribution is 6.03. The van der Waals surface area contributed by atoms with Crippen LogP contribution >= 0.6 is 0 Å². The molecule has 6 nitrogen and oxygen atoms in total. The Bertz CT molecular complexity index is 890. The number of nitrogens with one attached hydrogen (secondary N) is 2. The summed E-state index contributed by atoms with van der Waals surface area (Å²) < 4.78 is 2.01. The minimum absolute atomic E-state index is 0.139. The smallest absolute Gasteiger partial charge is 0.254 e. The molecule has 2 rings (SSSR count). The maximum Gasteiger partial charge on any atom is 0.254 e. The molecule has 0 saturated heterocycles. The third kappa shape index (κ3) is 5.46. The number of aromatic nitrogens is 2. The van der Waals surface area contributed by atoms with E-state index in [-0.39, 0.29) is 18.4 Å². The van der Waals surface area contributed by atoms with Crippen LogP contribution in [0.15, 0.2) is 24.3 Å². The second-order valence-electron chi connectivity index (χ2n) is 7.21. The number of terminal acetylenes is 1. The van der Waals surface area contributed by atoms with Gasteiger partial charge in [0.2, 0.25) is 5.91 Å². The maximum absolute atomic E-state index is 12.5. The first-order chi connectivity index (χ1) is 13.3. The number of carbonyl (C=O) groups is 2. The molecule has 0 fully saturated rings. The van der Waals surface area contributed by atoms with E-state index < -0.39 is 0 Å². The number of nitrogens with zero attached hydrogens (tertiary/aromatic N) is 2. The molecule has 28 heavy (non-hydrogen) atoms. The van der Waals surface area contributed by atoms with E-state index in [1.807, 2.05) is 18.5 Å². The molecule has 0 aliphatic heterocycles. The van der Waals surface area contributed by atoms with Crippen LogP contribution < -0.4 is 10.6 Å². The van der Waals surface area contributed by atoms with Gasteiger partial charge in [0, 0.05) is 18.7 Å². The van der Waals surface area contributed by atoms with Crippen molar-refractivity contribution in [2.24, 2.45) is 5.92 Å². The topological polar surface area (TPSA) is 76.0 Å². The van der Waals surface area contributed by atoms with Crippen molar-refractivity contribution in [2.75, 3.05) is 11.9 Å². The number of aryl methyl sites for hydroxylation is 1. The molecule has 1 aromatic heterocycles. The summed E-state index contributed by atoms with van der Waals surface area (Å²) in [5.74, 6) is 2.41. The van der Waals surface area contributed by atoms with E-state index in [1.165, 1.54) is 0 Å². The number of amides is 2. The fourth-order valence-corrected chi connectivity index (χ4v) is 3.09. The molecule has 2 amide bonds. The van der Waals surface area contributed by atoms with E-state index in [4.69, 9.17) is 6.42 Å². The molecule has 0 bridgehead atoms. The minimum atomic E-state index is -0.310. The lowest BCUT2D eigenvalue weighted by Crippen LogP contribution is -2.25. The van der Waals surface area contributed by atoms with Gasteiger partial charge >= 0.3 is 0 Å². The van der Waals surface area contributed by atoms with Crippen molar-refractivity contribution in [3.05, 3.63) is 46.8 Å². The molecule has 0 spiro atoms. The van der Waals surface area contributed by atoms with Gasteiger partial charge in [-0.15, -0.1) is 6.42 Å². The van der Waals surface area contributed by atoms with Crippen LogP contribution in [0, 0.1) is 32.1 Å². The number of carbonyl (C=O) groups excluding carboxylic acids is 2. The largest absolute Gasteiger partial charge is 0.341 e. The van der Waals surface area contributed by atoms with Crippen molar-refractivity contribution in [1.29, 1.82) is 0 Å². The SMILES string of the molecule is C#CCNC(=O)c1ccccc1NC(=O)CCc1c(C)nn(CC(C)C)c1C. The highest BCUT2D eigenvalue weighted by atomic mass is 16.2. The lowest BCUT2D eigenvalue weighted by molar-refractivity contribution is -0.116. The van der Waals surface area contributed by atoms with Gasteiger partial charge in [-0.05, 0) is 43.9 Å². The predicted molar refractivity (Wildman–Crippen MR) is 111 cm³/mol. The number of hydrogen-bond acceptors (Lipinski definition) is 3. The summed E-state index contributed by atoms with van der Waals surface area (Å²) in [5, 5.41) is 10.0. The fourth-order valence-electron chi connectivity index (χ4n) is 3.09. The Morgan fingerprint density at radius 3 is 2.64 bits per heavy atom. The first-order valence-corrected chi connectivity index (χ1v) is 9.46. The number of anilines is 1. The molecule has 2 aromatic rings. The van der Waals surface area contributed by atoms with E-state index >= 15 is 0 Å². The average Bonchev–Trinajstić information content (AvgIpc) is 2.91. The van der Waals surface area contributed by atoms with Crippen LogP contribution in [0.5, 0.6) is 0 Å². The first-order valence-electron chi connectivity index (χ1n) is 9.46. The fraction of sp³-hybridized carbons (Fsp3) is 0.409. The standard InChI is InChI=1S/C22H28N4O2/c1-6-13-23-22(28)19-9-7-8-10-20(19)24-21(27)12-11-18-16(4)25-26(17(18)5)14-15(2)3/h1,7-10,15H,11-14H2,2-5H3,(H,23,28)(H,24,27). The monoisotopic (exact) mass is 380 g/mol. The van der Waals surface area contributed by atoms with Crippen molar-refractivity contribution < 1.29 is 9.59 Å². The molecule has 6 heteroatoms. The van der Waals surface area contributed by atoms with E-state index in [1.54, 1.807) is 24.3 Å². The minimum Gasteiger partial charge on any atom is -0.341 e. The molecule has 2 N–H and O–H groups in total. The highest BCUT2D eigenvalue weighted by Crippen LogP contribution is 2.18. The van der Waals surface area contributed by atoms with Gasteiger partial charge in [0.15, 0.2) is 0 Å². The first kappa shape index (κ1) is 21.2. The van der Waals surface area contributed by atoms with Crippen LogP contribution in [0.4, 0.5) is 5.69 Å². The summed E-state index contributed by atoms with van der Waals surface area (Å²) >= 11 is 0. The number of rotatable bonds is 8. The van der Waals surface area contributed by atoms with Crippen LogP contribution in [0.25, 0.3) is 0 Å². The van der Waals surface area contributed by atoms with Gasteiger partial charge in [0.25, 0.3) is 5.91 Å². The van der Waals surface area contributed by atoms with Crippen LogP contribution in [0.3, 0.4) is 0 Å². The molecule has 0 aliphatic carbocycles. The Hall–Kier alpha value is -3.07. The summed E-state index contributed by atoms with van der Waals surface area (Å²) in [4.78, 5) is 24.7. The number of para-hydroxylation sites is 1. The van der Waals surface area contributed by atoms with Gasteiger partial charge in [-0.25, -0.2) is 0 Å². The van der Waals surface area contributed by atoms with Gasteiger partial charge in [0.05, 0.1) is 23.5 Å². The highest BCUT2D eigenvalue weighted by Gasteiger charge is 2.16. The summed E-state index contributed by atoms with van der Waals surface area (Å²) in [5.41, 5.74) is 4.04. The van der Waals surface area contributed by atoms with Gasteiger partial charge in [-0.3, -0.25) is 14.3 Å². The van der Waals surface area contributed by atoms with Crippen LogP contribution in [-0.4, -0.2) is 28.1 Å². The van der Waals surface area contributed by atoms with Crippen molar-refractivity contribution in [3.63, 3.8) is 0 Å². The molecular formula is C22H28N4O2. The summed E-state index contributed by atoms with van der Waals surface area (Å²) in [7, 11) is 0. The predicted octanol–water partition coefficient (Wildman–Crippen LogP) is 3.09. The summed E-state index contributed by atoms with van der Waals surface area (Å²) in [6.45, 7) is 9.32. The lowest BCUT2D eigenvalue weighted by Gasteiger charge is -2.11. The Morgan fingerprint density at radius 2 is 1.96 bits per heavy atom. The summed E-state index contributed by atoms with van der Waals surface area (Å²) in [6, 6.07) is 6.89. The molecule has 0 radical (unpaired) electrons. The van der Waals surface area contributed by atoms with E-state index in [0.717, 1.165) is 23.5 Å².